The smallest absolute Gasteiger partial charge is 0.229 e. The van der Waals surface area contributed by atoms with Crippen LogP contribution in [0.15, 0.2) is 42.5 Å². The Balaban J connectivity index is 1.50. The molecule has 2 aliphatic rings. The van der Waals surface area contributed by atoms with Crippen molar-refractivity contribution in [2.24, 2.45) is 5.92 Å². The van der Waals surface area contributed by atoms with Gasteiger partial charge in [0.2, 0.25) is 11.8 Å². The molecule has 6 heteroatoms. The minimum atomic E-state index is -0.288. The van der Waals surface area contributed by atoms with E-state index in [9.17, 15) is 9.59 Å². The highest BCUT2D eigenvalue weighted by Crippen LogP contribution is 2.40. The van der Waals surface area contributed by atoms with Crippen LogP contribution in [0.1, 0.15) is 28.5 Å². The zero-order valence-corrected chi connectivity index (χ0v) is 17.9. The van der Waals surface area contributed by atoms with Crippen molar-refractivity contribution in [3.05, 3.63) is 59.2 Å². The van der Waals surface area contributed by atoms with Crippen molar-refractivity contribution in [1.29, 1.82) is 0 Å². The Morgan fingerprint density at radius 2 is 1.86 bits per heavy atom. The molecule has 0 spiro atoms. The van der Waals surface area contributed by atoms with Crippen LogP contribution < -0.4 is 9.64 Å². The number of ether oxygens (including phenoxy) is 1. The second-order valence-electron chi connectivity index (χ2n) is 7.70. The summed E-state index contributed by atoms with van der Waals surface area (Å²) in [4.78, 5) is 29.7. The molecule has 0 N–H and O–H groups in total. The lowest BCUT2D eigenvalue weighted by Gasteiger charge is -2.27. The van der Waals surface area contributed by atoms with Crippen LogP contribution in [0, 0.1) is 19.8 Å². The number of hydrogen-bond donors (Lipinski definition) is 0. The van der Waals surface area contributed by atoms with Gasteiger partial charge in [-0.15, -0.1) is 11.8 Å². The molecule has 0 radical (unpaired) electrons. The summed E-state index contributed by atoms with van der Waals surface area (Å²) in [7, 11) is 1.65. The lowest BCUT2D eigenvalue weighted by molar-refractivity contribution is -0.136. The highest BCUT2D eigenvalue weighted by atomic mass is 32.2. The van der Waals surface area contributed by atoms with Crippen molar-refractivity contribution in [3.8, 4) is 5.75 Å². The Hall–Kier alpha value is -2.47. The summed E-state index contributed by atoms with van der Waals surface area (Å²) in [5.41, 5.74) is 4.33. The monoisotopic (exact) mass is 410 g/mol. The number of benzene rings is 2. The Morgan fingerprint density at radius 3 is 2.55 bits per heavy atom. The normalized spacial score (nSPS) is 21.7. The molecule has 29 heavy (non-hydrogen) atoms. The highest BCUT2D eigenvalue weighted by molar-refractivity contribution is 7.99. The maximum atomic E-state index is 13.3. The summed E-state index contributed by atoms with van der Waals surface area (Å²) in [5.74, 6) is 1.53. The van der Waals surface area contributed by atoms with Crippen LogP contribution in [0.25, 0.3) is 0 Å². The predicted molar refractivity (Wildman–Crippen MR) is 116 cm³/mol. The van der Waals surface area contributed by atoms with Crippen LogP contribution in [0.3, 0.4) is 0 Å². The molecule has 2 amide bonds. The fraction of sp³-hybridized carbons (Fsp3) is 0.391. The second kappa shape index (κ2) is 8.11. The van der Waals surface area contributed by atoms with E-state index >= 15 is 0 Å². The molecule has 2 aromatic rings. The van der Waals surface area contributed by atoms with Gasteiger partial charge in [-0.1, -0.05) is 18.2 Å². The van der Waals surface area contributed by atoms with Gasteiger partial charge in [0.05, 0.1) is 13.0 Å². The minimum Gasteiger partial charge on any atom is -0.497 e. The zero-order chi connectivity index (χ0) is 20.5. The molecule has 152 valence electrons. The molecule has 2 unspecified atom stereocenters. The van der Waals surface area contributed by atoms with Gasteiger partial charge in [-0.2, -0.15) is 0 Å². The third kappa shape index (κ3) is 3.86. The molecule has 2 heterocycles. The van der Waals surface area contributed by atoms with Gasteiger partial charge in [0.25, 0.3) is 0 Å². The van der Waals surface area contributed by atoms with Crippen LogP contribution >= 0.6 is 11.8 Å². The van der Waals surface area contributed by atoms with Gasteiger partial charge >= 0.3 is 0 Å². The maximum absolute atomic E-state index is 13.3. The molecule has 4 rings (SSSR count). The van der Waals surface area contributed by atoms with E-state index in [-0.39, 0.29) is 29.5 Å². The fourth-order valence-electron chi connectivity index (χ4n) is 3.99. The third-order valence-electron chi connectivity index (χ3n) is 5.85. The number of thioether (sulfide) groups is 1. The standard InChI is InChI=1S/C23H26N2O3S/c1-15-4-7-19(12-16(15)2)25-14-18(13-21(25)26)22(27)24-10-11-29-23(24)17-5-8-20(28-3)9-6-17/h4-9,12,18,23H,10-11,13-14H2,1-3H3. The lowest BCUT2D eigenvalue weighted by Crippen LogP contribution is -2.37. The molecule has 2 aromatic carbocycles. The van der Waals surface area contributed by atoms with Crippen molar-refractivity contribution in [1.82, 2.24) is 4.90 Å². The Kier molecular flexibility index (Phi) is 5.54. The first-order chi connectivity index (χ1) is 14.0. The average Bonchev–Trinajstić information content (AvgIpc) is 3.37. The number of rotatable bonds is 4. The van der Waals surface area contributed by atoms with Crippen molar-refractivity contribution < 1.29 is 14.3 Å². The molecular formula is C23H26N2O3S. The van der Waals surface area contributed by atoms with Crippen LogP contribution in [0.2, 0.25) is 0 Å². The largest absolute Gasteiger partial charge is 0.497 e. The van der Waals surface area contributed by atoms with Crippen LogP contribution in [-0.4, -0.2) is 42.7 Å². The molecule has 0 saturated carbocycles. The average molecular weight is 411 g/mol. The van der Waals surface area contributed by atoms with E-state index < -0.39 is 0 Å². The van der Waals surface area contributed by atoms with E-state index in [1.807, 2.05) is 54.3 Å². The first-order valence-corrected chi connectivity index (χ1v) is 11.0. The van der Waals surface area contributed by atoms with Crippen molar-refractivity contribution >= 4 is 29.3 Å². The second-order valence-corrected chi connectivity index (χ2v) is 8.89. The van der Waals surface area contributed by atoms with Gasteiger partial charge in [-0.3, -0.25) is 9.59 Å². The van der Waals surface area contributed by atoms with E-state index in [1.165, 1.54) is 5.56 Å². The van der Waals surface area contributed by atoms with Crippen molar-refractivity contribution in [2.75, 3.05) is 30.9 Å². The third-order valence-corrected chi connectivity index (χ3v) is 7.11. The molecule has 2 fully saturated rings. The molecule has 2 saturated heterocycles. The van der Waals surface area contributed by atoms with E-state index in [0.717, 1.165) is 28.3 Å². The molecule has 2 aliphatic heterocycles. The van der Waals surface area contributed by atoms with Crippen LogP contribution in [-0.2, 0) is 9.59 Å². The quantitative estimate of drug-likeness (QED) is 0.766. The zero-order valence-electron chi connectivity index (χ0n) is 17.1. The number of nitrogens with zero attached hydrogens (tertiary/aromatic N) is 2. The van der Waals surface area contributed by atoms with E-state index in [4.69, 9.17) is 4.74 Å². The number of aryl methyl sites for hydroxylation is 2. The minimum absolute atomic E-state index is 0.000762. The van der Waals surface area contributed by atoms with E-state index in [2.05, 4.69) is 6.92 Å². The van der Waals surface area contributed by atoms with Crippen LogP contribution in [0.5, 0.6) is 5.75 Å². The Labute approximate surface area is 176 Å². The molecular weight excluding hydrogens is 384 g/mol. The van der Waals surface area contributed by atoms with Gasteiger partial charge in [-0.25, -0.2) is 0 Å². The summed E-state index contributed by atoms with van der Waals surface area (Å²) < 4.78 is 5.24. The molecule has 0 aliphatic carbocycles. The predicted octanol–water partition coefficient (Wildman–Crippen LogP) is 3.94. The lowest BCUT2D eigenvalue weighted by atomic mass is 10.1. The molecule has 2 atom stereocenters. The summed E-state index contributed by atoms with van der Waals surface area (Å²) in [5, 5.41) is -0.000762. The van der Waals surface area contributed by atoms with Gasteiger partial charge in [0.15, 0.2) is 0 Å². The summed E-state index contributed by atoms with van der Waals surface area (Å²) in [6.07, 6.45) is 0.280. The van der Waals surface area contributed by atoms with E-state index in [0.29, 0.717) is 13.1 Å². The van der Waals surface area contributed by atoms with Gasteiger partial charge in [-0.05, 0) is 54.8 Å². The number of methoxy groups -OCH3 is 1. The SMILES string of the molecule is COc1ccc(C2SCCN2C(=O)C2CC(=O)N(c3ccc(C)c(C)c3)C2)cc1. The fourth-order valence-corrected chi connectivity index (χ4v) is 5.26. The number of carbonyl (C=O) groups is 2. The topological polar surface area (TPSA) is 49.9 Å². The molecule has 5 nitrogen and oxygen atoms in total. The maximum Gasteiger partial charge on any atom is 0.229 e. The number of hydrogen-bond acceptors (Lipinski definition) is 4. The van der Waals surface area contributed by atoms with Crippen LogP contribution in [0.4, 0.5) is 5.69 Å². The Bertz CT molecular complexity index is 928. The Morgan fingerprint density at radius 1 is 1.10 bits per heavy atom. The highest BCUT2D eigenvalue weighted by Gasteiger charge is 2.41. The number of carbonyl (C=O) groups excluding carboxylic acids is 2. The van der Waals surface area contributed by atoms with Gasteiger partial charge in [0, 0.05) is 31.0 Å². The first kappa shape index (κ1) is 19.8. The first-order valence-electron chi connectivity index (χ1n) is 9.91. The summed E-state index contributed by atoms with van der Waals surface area (Å²) >= 11 is 1.77. The molecule has 0 aromatic heterocycles. The van der Waals surface area contributed by atoms with Crippen molar-refractivity contribution in [3.63, 3.8) is 0 Å². The van der Waals surface area contributed by atoms with Crippen molar-refractivity contribution in [2.45, 2.75) is 25.6 Å². The number of anilines is 1. The summed E-state index contributed by atoms with van der Waals surface area (Å²) in [6.45, 7) is 5.27. The van der Waals surface area contributed by atoms with Gasteiger partial charge < -0.3 is 14.5 Å². The van der Waals surface area contributed by atoms with Gasteiger partial charge in [0.1, 0.15) is 11.1 Å². The molecule has 0 bridgehead atoms. The number of amides is 2. The summed E-state index contributed by atoms with van der Waals surface area (Å²) in [6, 6.07) is 13.9. The van der Waals surface area contributed by atoms with E-state index in [1.54, 1.807) is 23.8 Å².